The third-order valence-electron chi connectivity index (χ3n) is 6.02. The Morgan fingerprint density at radius 3 is 2.35 bits per heavy atom. The predicted octanol–water partition coefficient (Wildman–Crippen LogP) is 5.58. The van der Waals surface area contributed by atoms with E-state index in [0.29, 0.717) is 16.7 Å². The third-order valence-corrected chi connectivity index (χ3v) is 6.94. The molecule has 0 fully saturated rings. The Bertz CT molecular complexity index is 1470. The minimum atomic E-state index is -4.88. The van der Waals surface area contributed by atoms with Gasteiger partial charge in [-0.3, -0.25) is 0 Å². The van der Waals surface area contributed by atoms with Crippen LogP contribution in [0, 0.1) is 0 Å². The molecular formula is C28H24F3NO7S. The van der Waals surface area contributed by atoms with Gasteiger partial charge in [0.25, 0.3) is 0 Å². The van der Waals surface area contributed by atoms with Gasteiger partial charge in [0.15, 0.2) is 11.5 Å². The topological polar surface area (TPSA) is 94.5 Å². The van der Waals surface area contributed by atoms with E-state index in [-0.39, 0.29) is 29.2 Å². The molecule has 1 aliphatic heterocycles. The number of phenolic OH excluding ortho intramolecular Hbond substituents is 1. The molecule has 8 nitrogen and oxygen atoms in total. The lowest BCUT2D eigenvalue weighted by Crippen LogP contribution is -2.28. The average molecular weight is 576 g/mol. The number of halogens is 3. The summed E-state index contributed by atoms with van der Waals surface area (Å²) in [5.74, 6) is -2.15. The number of hydrogen-bond acceptors (Lipinski definition) is 9. The molecule has 1 aliphatic rings. The predicted molar refractivity (Wildman–Crippen MR) is 140 cm³/mol. The van der Waals surface area contributed by atoms with Crippen LogP contribution >= 0.6 is 11.3 Å². The summed E-state index contributed by atoms with van der Waals surface area (Å²) in [6, 6.07) is 11.5. The van der Waals surface area contributed by atoms with Gasteiger partial charge in [-0.25, -0.2) is 9.59 Å². The number of thiophene rings is 1. The van der Waals surface area contributed by atoms with Crippen molar-refractivity contribution in [2.24, 2.45) is 0 Å². The first-order chi connectivity index (χ1) is 19.0. The van der Waals surface area contributed by atoms with Crippen molar-refractivity contribution in [3.63, 3.8) is 0 Å². The number of phenols is 1. The summed E-state index contributed by atoms with van der Waals surface area (Å²) in [4.78, 5) is 28.3. The Kier molecular flexibility index (Phi) is 8.38. The molecule has 1 N–H and O–H groups in total. The first-order valence-electron chi connectivity index (χ1n) is 11.7. The number of benzene rings is 2. The molecule has 40 heavy (non-hydrogen) atoms. The van der Waals surface area contributed by atoms with Gasteiger partial charge in [0.2, 0.25) is 0 Å². The summed E-state index contributed by atoms with van der Waals surface area (Å²) in [5, 5.41) is 12.4. The molecule has 2 heterocycles. The highest BCUT2D eigenvalue weighted by Crippen LogP contribution is 2.43. The normalized spacial score (nSPS) is 15.2. The van der Waals surface area contributed by atoms with Crippen LogP contribution in [-0.4, -0.2) is 49.6 Å². The molecule has 4 rings (SSSR count). The molecule has 12 heteroatoms. The Balaban J connectivity index is 1.99. The van der Waals surface area contributed by atoms with Crippen LogP contribution in [0.15, 0.2) is 71.3 Å². The monoisotopic (exact) mass is 575 g/mol. The molecule has 210 valence electrons. The highest BCUT2D eigenvalue weighted by molar-refractivity contribution is 7.10. The van der Waals surface area contributed by atoms with Crippen LogP contribution in [0.2, 0.25) is 0 Å². The van der Waals surface area contributed by atoms with Crippen LogP contribution in [0.3, 0.4) is 0 Å². The first-order valence-corrected chi connectivity index (χ1v) is 12.6. The van der Waals surface area contributed by atoms with E-state index in [1.165, 1.54) is 55.0 Å². The van der Waals surface area contributed by atoms with E-state index in [2.05, 4.69) is 4.74 Å². The van der Waals surface area contributed by atoms with Crippen molar-refractivity contribution in [2.45, 2.75) is 18.9 Å². The first kappa shape index (κ1) is 28.6. The van der Waals surface area contributed by atoms with Crippen LogP contribution in [0.5, 0.6) is 17.2 Å². The van der Waals surface area contributed by atoms with Crippen molar-refractivity contribution in [1.29, 1.82) is 0 Å². The summed E-state index contributed by atoms with van der Waals surface area (Å²) in [6.07, 6.45) is -2.05. The number of rotatable bonds is 7. The number of nitrogens with zero attached hydrogens (tertiary/aromatic N) is 1. The van der Waals surface area contributed by atoms with E-state index in [0.717, 1.165) is 19.1 Å². The third kappa shape index (κ3) is 6.23. The van der Waals surface area contributed by atoms with Crippen LogP contribution < -0.4 is 9.47 Å². The van der Waals surface area contributed by atoms with E-state index < -0.39 is 30.1 Å². The molecule has 1 unspecified atom stereocenters. The number of ether oxygens (including phenoxy) is 4. The van der Waals surface area contributed by atoms with E-state index in [1.54, 1.807) is 17.0 Å². The summed E-state index contributed by atoms with van der Waals surface area (Å²) < 4.78 is 58.1. The molecule has 1 atom stereocenters. The van der Waals surface area contributed by atoms with Crippen LogP contribution in [0.1, 0.15) is 27.6 Å². The number of alkyl halides is 3. The lowest BCUT2D eigenvalue weighted by Gasteiger charge is -2.34. The highest BCUT2D eigenvalue weighted by atomic mass is 32.1. The molecule has 0 saturated carbocycles. The molecule has 0 radical (unpaired) electrons. The van der Waals surface area contributed by atoms with Gasteiger partial charge in [0.05, 0.1) is 38.5 Å². The zero-order valence-electron chi connectivity index (χ0n) is 21.5. The zero-order valence-corrected chi connectivity index (χ0v) is 22.3. The van der Waals surface area contributed by atoms with Gasteiger partial charge in [-0.15, -0.1) is 24.5 Å². The standard InChI is InChI=1S/C28H24F3NO7S/c1-36-23-13-19-17(12-22(23)33)11-20(26(34)37-2)21(27(35)38-3)15-32(25(19)24-8-5-9-40-24)14-16-6-4-7-18(10-16)39-28(29,30)31/h4-13,15,25,33H,14H2,1-3H3. The fourth-order valence-corrected chi connectivity index (χ4v) is 5.21. The Hall–Kier alpha value is -4.45. The van der Waals surface area contributed by atoms with Crippen LogP contribution in [0.25, 0.3) is 6.08 Å². The van der Waals surface area contributed by atoms with E-state index in [1.807, 2.05) is 17.5 Å². The number of hydrogen-bond donors (Lipinski definition) is 1. The maximum absolute atomic E-state index is 13.0. The van der Waals surface area contributed by atoms with Gasteiger partial charge >= 0.3 is 18.3 Å². The minimum absolute atomic E-state index is 0.0186. The fourth-order valence-electron chi connectivity index (χ4n) is 4.35. The molecule has 1 aromatic heterocycles. The number of aromatic hydroxyl groups is 1. The fraction of sp³-hybridized carbons (Fsp3) is 0.214. The van der Waals surface area contributed by atoms with Gasteiger partial charge < -0.3 is 29.0 Å². The van der Waals surface area contributed by atoms with E-state index in [9.17, 15) is 27.9 Å². The average Bonchev–Trinajstić information content (AvgIpc) is 3.43. The Morgan fingerprint density at radius 1 is 1.00 bits per heavy atom. The summed E-state index contributed by atoms with van der Waals surface area (Å²) in [6.45, 7) is -0.0186. The minimum Gasteiger partial charge on any atom is -0.504 e. The number of carbonyl (C=O) groups excluding carboxylic acids is 2. The largest absolute Gasteiger partial charge is 0.573 e. The number of carbonyl (C=O) groups is 2. The molecule has 3 aromatic rings. The maximum Gasteiger partial charge on any atom is 0.573 e. The Labute approximate surface area is 231 Å². The summed E-state index contributed by atoms with van der Waals surface area (Å²) >= 11 is 1.40. The van der Waals surface area contributed by atoms with Crippen molar-refractivity contribution in [3.8, 4) is 17.2 Å². The second-order valence-electron chi connectivity index (χ2n) is 8.52. The summed E-state index contributed by atoms with van der Waals surface area (Å²) in [5.41, 5.74) is 1.08. The SMILES string of the molecule is COC(=O)C1=Cc2cc(O)c(OC)cc2C(c2cccs2)N(Cc2cccc(OC(F)(F)F)c2)C=C1C(=O)OC. The smallest absolute Gasteiger partial charge is 0.504 e. The van der Waals surface area contributed by atoms with Crippen molar-refractivity contribution < 1.29 is 46.8 Å². The molecular weight excluding hydrogens is 551 g/mol. The van der Waals surface area contributed by atoms with Crippen molar-refractivity contribution >= 4 is 29.4 Å². The van der Waals surface area contributed by atoms with Gasteiger partial charge in [-0.2, -0.15) is 0 Å². The van der Waals surface area contributed by atoms with Gasteiger partial charge in [0.1, 0.15) is 5.75 Å². The molecule has 0 amide bonds. The van der Waals surface area contributed by atoms with Gasteiger partial charge in [-0.05, 0) is 58.5 Å². The Morgan fingerprint density at radius 2 is 1.73 bits per heavy atom. The quantitative estimate of drug-likeness (QED) is 0.365. The lowest BCUT2D eigenvalue weighted by atomic mass is 9.91. The molecule has 0 spiro atoms. The van der Waals surface area contributed by atoms with Crippen LogP contribution in [0.4, 0.5) is 13.2 Å². The lowest BCUT2D eigenvalue weighted by molar-refractivity contribution is -0.274. The highest BCUT2D eigenvalue weighted by Gasteiger charge is 2.33. The van der Waals surface area contributed by atoms with E-state index in [4.69, 9.17) is 14.2 Å². The van der Waals surface area contributed by atoms with Gasteiger partial charge in [0, 0.05) is 17.6 Å². The second kappa shape index (κ2) is 11.7. The second-order valence-corrected chi connectivity index (χ2v) is 9.50. The number of esters is 2. The number of fused-ring (bicyclic) bond motifs is 1. The summed E-state index contributed by atoms with van der Waals surface area (Å²) in [7, 11) is 3.70. The number of methoxy groups -OCH3 is 3. The van der Waals surface area contributed by atoms with Crippen LogP contribution in [-0.2, 0) is 25.6 Å². The van der Waals surface area contributed by atoms with Gasteiger partial charge in [-0.1, -0.05) is 18.2 Å². The molecule has 0 saturated heterocycles. The van der Waals surface area contributed by atoms with Crippen molar-refractivity contribution in [1.82, 2.24) is 4.90 Å². The molecule has 0 aliphatic carbocycles. The van der Waals surface area contributed by atoms with Crippen molar-refractivity contribution in [3.05, 3.63) is 92.8 Å². The van der Waals surface area contributed by atoms with Crippen molar-refractivity contribution in [2.75, 3.05) is 21.3 Å². The zero-order chi connectivity index (χ0) is 29.0. The molecule has 0 bridgehead atoms. The van der Waals surface area contributed by atoms with E-state index >= 15 is 0 Å². The molecule has 2 aromatic carbocycles. The maximum atomic E-state index is 13.0.